The van der Waals surface area contributed by atoms with E-state index in [9.17, 15) is 4.79 Å². The van der Waals surface area contributed by atoms with Gasteiger partial charge in [0.15, 0.2) is 0 Å². The normalized spacial score (nSPS) is 14.3. The van der Waals surface area contributed by atoms with E-state index in [1.165, 1.54) is 10.9 Å². The fourth-order valence-corrected chi connectivity index (χ4v) is 3.10. The summed E-state index contributed by atoms with van der Waals surface area (Å²) in [6.45, 7) is 0.588. The maximum absolute atomic E-state index is 12.7. The van der Waals surface area contributed by atoms with Crippen molar-refractivity contribution < 1.29 is 9.21 Å². The number of rotatable bonds is 6. The second-order valence-corrected chi connectivity index (χ2v) is 6.19. The largest absolute Gasteiger partial charge is 0.467 e. The molecule has 4 nitrogen and oxygen atoms in total. The number of hydrogen-bond acceptors (Lipinski definition) is 2. The molecule has 1 aliphatic carbocycles. The number of nitrogens with one attached hydrogen (secondary N) is 1. The lowest BCUT2D eigenvalue weighted by Crippen LogP contribution is -2.32. The van der Waals surface area contributed by atoms with Gasteiger partial charge in [-0.3, -0.25) is 4.79 Å². The van der Waals surface area contributed by atoms with Crippen molar-refractivity contribution in [3.05, 3.63) is 60.2 Å². The number of H-pyrrole nitrogens is 1. The van der Waals surface area contributed by atoms with Gasteiger partial charge in [0, 0.05) is 29.6 Å². The Morgan fingerprint density at radius 3 is 2.87 bits per heavy atom. The van der Waals surface area contributed by atoms with Crippen LogP contribution in [-0.2, 0) is 17.8 Å². The van der Waals surface area contributed by atoms with E-state index in [-0.39, 0.29) is 5.91 Å². The Labute approximate surface area is 135 Å². The molecule has 0 aliphatic heterocycles. The summed E-state index contributed by atoms with van der Waals surface area (Å²) >= 11 is 0. The summed E-state index contributed by atoms with van der Waals surface area (Å²) in [6.07, 6.45) is 7.21. The predicted octanol–water partition coefficient (Wildman–Crippen LogP) is 3.88. The summed E-state index contributed by atoms with van der Waals surface area (Å²) in [4.78, 5) is 17.9. The first-order valence-corrected chi connectivity index (χ1v) is 8.18. The molecule has 2 aromatic heterocycles. The number of carbonyl (C=O) groups is 1. The molecule has 0 bridgehead atoms. The van der Waals surface area contributed by atoms with E-state index in [1.54, 1.807) is 6.26 Å². The third-order valence-corrected chi connectivity index (χ3v) is 4.50. The van der Waals surface area contributed by atoms with Crippen LogP contribution in [0.3, 0.4) is 0 Å². The van der Waals surface area contributed by atoms with Crippen LogP contribution in [0, 0.1) is 0 Å². The molecule has 1 aliphatic rings. The fraction of sp³-hybridized carbons (Fsp3) is 0.316. The zero-order valence-electron chi connectivity index (χ0n) is 13.0. The molecule has 4 rings (SSSR count). The molecule has 0 saturated heterocycles. The molecule has 0 atom stereocenters. The third kappa shape index (κ3) is 3.02. The van der Waals surface area contributed by atoms with Crippen LogP contribution in [0.1, 0.15) is 30.6 Å². The van der Waals surface area contributed by atoms with Crippen LogP contribution in [0.2, 0.25) is 0 Å². The molecular weight excluding hydrogens is 288 g/mol. The number of aromatic amines is 1. The number of carbonyl (C=O) groups excluding carboxylic acids is 1. The summed E-state index contributed by atoms with van der Waals surface area (Å²) in [5.74, 6) is 1.08. The molecule has 4 heteroatoms. The Kier molecular flexibility index (Phi) is 3.66. The predicted molar refractivity (Wildman–Crippen MR) is 88.9 cm³/mol. The summed E-state index contributed by atoms with van der Waals surface area (Å²) < 4.78 is 5.40. The zero-order valence-corrected chi connectivity index (χ0v) is 13.0. The Morgan fingerprint density at radius 2 is 2.09 bits per heavy atom. The van der Waals surface area contributed by atoms with Gasteiger partial charge in [-0.1, -0.05) is 18.2 Å². The highest BCUT2D eigenvalue weighted by Crippen LogP contribution is 2.29. The van der Waals surface area contributed by atoms with Crippen molar-refractivity contribution in [2.45, 2.75) is 38.3 Å². The van der Waals surface area contributed by atoms with E-state index >= 15 is 0 Å². The van der Waals surface area contributed by atoms with Crippen molar-refractivity contribution in [1.82, 2.24) is 9.88 Å². The molecule has 1 amide bonds. The van der Waals surface area contributed by atoms with Crippen molar-refractivity contribution in [3.63, 3.8) is 0 Å². The van der Waals surface area contributed by atoms with Crippen molar-refractivity contribution in [1.29, 1.82) is 0 Å². The molecule has 1 fully saturated rings. The third-order valence-electron chi connectivity index (χ3n) is 4.50. The molecule has 2 heterocycles. The molecule has 118 valence electrons. The molecular formula is C19H20N2O2. The maximum Gasteiger partial charge on any atom is 0.223 e. The van der Waals surface area contributed by atoms with E-state index < -0.39 is 0 Å². The van der Waals surface area contributed by atoms with Crippen molar-refractivity contribution >= 4 is 16.8 Å². The Balaban J connectivity index is 1.43. The average molecular weight is 308 g/mol. The highest BCUT2D eigenvalue weighted by atomic mass is 16.3. The highest BCUT2D eigenvalue weighted by molar-refractivity contribution is 5.84. The number of benzene rings is 1. The van der Waals surface area contributed by atoms with Crippen LogP contribution in [0.25, 0.3) is 10.9 Å². The monoisotopic (exact) mass is 308 g/mol. The smallest absolute Gasteiger partial charge is 0.223 e. The van der Waals surface area contributed by atoms with Crippen LogP contribution in [-0.4, -0.2) is 21.8 Å². The van der Waals surface area contributed by atoms with Gasteiger partial charge in [-0.25, -0.2) is 0 Å². The fourth-order valence-electron chi connectivity index (χ4n) is 3.10. The van der Waals surface area contributed by atoms with Crippen molar-refractivity contribution in [2.24, 2.45) is 0 Å². The van der Waals surface area contributed by atoms with Crippen LogP contribution < -0.4 is 0 Å². The van der Waals surface area contributed by atoms with Gasteiger partial charge in [-0.05, 0) is 43.0 Å². The minimum absolute atomic E-state index is 0.217. The van der Waals surface area contributed by atoms with Crippen LogP contribution in [0.15, 0.2) is 53.3 Å². The highest BCUT2D eigenvalue weighted by Gasteiger charge is 2.32. The van der Waals surface area contributed by atoms with Gasteiger partial charge >= 0.3 is 0 Å². The van der Waals surface area contributed by atoms with Crippen LogP contribution in [0.4, 0.5) is 0 Å². The Hall–Kier alpha value is -2.49. The second-order valence-electron chi connectivity index (χ2n) is 6.19. The summed E-state index contributed by atoms with van der Waals surface area (Å²) in [5.41, 5.74) is 2.34. The first kappa shape index (κ1) is 14.1. The second kappa shape index (κ2) is 5.95. The zero-order chi connectivity index (χ0) is 15.6. The van der Waals surface area contributed by atoms with E-state index in [2.05, 4.69) is 17.1 Å². The summed E-state index contributed by atoms with van der Waals surface area (Å²) in [5, 5.41) is 1.21. The molecule has 23 heavy (non-hydrogen) atoms. The molecule has 1 N–H and O–H groups in total. The molecule has 0 spiro atoms. The number of aryl methyl sites for hydroxylation is 1. The van der Waals surface area contributed by atoms with E-state index in [1.807, 2.05) is 35.4 Å². The number of para-hydroxylation sites is 1. The standard InChI is InChI=1S/C19H20N2O2/c22-19(21(15-8-9-15)13-16-4-3-11-23-16)10-7-14-12-20-18-6-2-1-5-17(14)18/h1-6,11-12,15,20H,7-10,13H2. The molecule has 3 aromatic rings. The summed E-state index contributed by atoms with van der Waals surface area (Å²) in [6, 6.07) is 12.4. The first-order valence-electron chi connectivity index (χ1n) is 8.18. The number of nitrogens with zero attached hydrogens (tertiary/aromatic N) is 1. The van der Waals surface area contributed by atoms with Crippen LogP contribution >= 0.6 is 0 Å². The number of amides is 1. The molecule has 1 saturated carbocycles. The number of hydrogen-bond donors (Lipinski definition) is 1. The number of furan rings is 1. The lowest BCUT2D eigenvalue weighted by Gasteiger charge is -2.21. The number of aromatic nitrogens is 1. The van der Waals surface area contributed by atoms with Gasteiger partial charge < -0.3 is 14.3 Å². The topological polar surface area (TPSA) is 49.2 Å². The van der Waals surface area contributed by atoms with Gasteiger partial charge in [0.2, 0.25) is 5.91 Å². The van der Waals surface area contributed by atoms with Gasteiger partial charge in [-0.15, -0.1) is 0 Å². The molecule has 0 unspecified atom stereocenters. The number of fused-ring (bicyclic) bond motifs is 1. The minimum atomic E-state index is 0.217. The summed E-state index contributed by atoms with van der Waals surface area (Å²) in [7, 11) is 0. The van der Waals surface area contributed by atoms with E-state index in [0.29, 0.717) is 19.0 Å². The average Bonchev–Trinajstić information content (AvgIpc) is 3.12. The molecule has 1 aromatic carbocycles. The van der Waals surface area contributed by atoms with Crippen LogP contribution in [0.5, 0.6) is 0 Å². The van der Waals surface area contributed by atoms with Crippen molar-refractivity contribution in [2.75, 3.05) is 0 Å². The lowest BCUT2D eigenvalue weighted by molar-refractivity contribution is -0.132. The SMILES string of the molecule is O=C(CCc1c[nH]c2ccccc12)N(Cc1ccco1)C1CC1. The molecule has 0 radical (unpaired) electrons. The van der Waals surface area contributed by atoms with Gasteiger partial charge in [0.25, 0.3) is 0 Å². The minimum Gasteiger partial charge on any atom is -0.467 e. The maximum atomic E-state index is 12.7. The van der Waals surface area contributed by atoms with Gasteiger partial charge in [-0.2, -0.15) is 0 Å². The lowest BCUT2D eigenvalue weighted by atomic mass is 10.1. The Morgan fingerprint density at radius 1 is 1.22 bits per heavy atom. The van der Waals surface area contributed by atoms with Crippen molar-refractivity contribution in [3.8, 4) is 0 Å². The Bertz CT molecular complexity index is 800. The van der Waals surface area contributed by atoms with Gasteiger partial charge in [0.1, 0.15) is 5.76 Å². The van der Waals surface area contributed by atoms with E-state index in [0.717, 1.165) is 30.5 Å². The van der Waals surface area contributed by atoms with E-state index in [4.69, 9.17) is 4.42 Å². The first-order chi connectivity index (χ1) is 11.3. The quantitative estimate of drug-likeness (QED) is 0.751. The van der Waals surface area contributed by atoms with Gasteiger partial charge in [0.05, 0.1) is 12.8 Å².